The molecule has 1 aliphatic heterocycles. The molecule has 1 saturated carbocycles. The molecule has 7 nitrogen and oxygen atoms in total. The Morgan fingerprint density at radius 2 is 2.19 bits per heavy atom. The van der Waals surface area contributed by atoms with E-state index in [1.807, 2.05) is 11.1 Å². The largest absolute Gasteiger partial charge is 0.338 e. The van der Waals surface area contributed by atoms with Gasteiger partial charge >= 0.3 is 0 Å². The van der Waals surface area contributed by atoms with Crippen LogP contribution < -0.4 is 5.56 Å². The molecule has 138 valence electrons. The van der Waals surface area contributed by atoms with Gasteiger partial charge in [0.15, 0.2) is 0 Å². The van der Waals surface area contributed by atoms with Crippen LogP contribution in [0, 0.1) is 5.92 Å². The van der Waals surface area contributed by atoms with Crippen molar-refractivity contribution in [2.24, 2.45) is 5.92 Å². The lowest BCUT2D eigenvalue weighted by Crippen LogP contribution is -2.37. The Morgan fingerprint density at radius 3 is 2.92 bits per heavy atom. The van der Waals surface area contributed by atoms with Crippen LogP contribution in [0.2, 0.25) is 0 Å². The van der Waals surface area contributed by atoms with Gasteiger partial charge in [-0.25, -0.2) is 9.97 Å². The van der Waals surface area contributed by atoms with Gasteiger partial charge in [-0.2, -0.15) is 0 Å². The molecular formula is C19H25N5O2. The second kappa shape index (κ2) is 6.70. The normalized spacial score (nSPS) is 16.8. The molecule has 0 atom stereocenters. The summed E-state index contributed by atoms with van der Waals surface area (Å²) >= 11 is 0. The lowest BCUT2D eigenvalue weighted by molar-refractivity contribution is -0.131. The predicted octanol–water partition coefficient (Wildman–Crippen LogP) is 1.63. The molecule has 26 heavy (non-hydrogen) atoms. The van der Waals surface area contributed by atoms with Gasteiger partial charge in [0.1, 0.15) is 5.82 Å². The molecule has 1 aliphatic carbocycles. The molecule has 2 aliphatic rings. The number of nitrogens with zero attached hydrogens (tertiary/aromatic N) is 4. The lowest BCUT2D eigenvalue weighted by atomic mass is 10.1. The molecule has 0 spiro atoms. The fourth-order valence-electron chi connectivity index (χ4n) is 3.44. The second-order valence-electron chi connectivity index (χ2n) is 7.84. The summed E-state index contributed by atoms with van der Waals surface area (Å²) in [6.45, 7) is 5.96. The van der Waals surface area contributed by atoms with Crippen molar-refractivity contribution >= 4 is 5.91 Å². The number of fused-ring (bicyclic) bond motifs is 1. The zero-order valence-electron chi connectivity index (χ0n) is 15.4. The van der Waals surface area contributed by atoms with Gasteiger partial charge in [-0.3, -0.25) is 19.4 Å². The van der Waals surface area contributed by atoms with Crippen molar-refractivity contribution in [3.05, 3.63) is 45.4 Å². The lowest BCUT2D eigenvalue weighted by Gasteiger charge is -2.28. The van der Waals surface area contributed by atoms with E-state index in [-0.39, 0.29) is 17.9 Å². The first-order valence-corrected chi connectivity index (χ1v) is 9.41. The van der Waals surface area contributed by atoms with E-state index in [0.717, 1.165) is 23.5 Å². The van der Waals surface area contributed by atoms with E-state index in [4.69, 9.17) is 4.98 Å². The van der Waals surface area contributed by atoms with Crippen molar-refractivity contribution in [1.82, 2.24) is 24.6 Å². The van der Waals surface area contributed by atoms with Crippen LogP contribution in [0.15, 0.2) is 17.1 Å². The van der Waals surface area contributed by atoms with E-state index in [1.165, 1.54) is 18.9 Å². The molecule has 1 N–H and O–H groups in total. The van der Waals surface area contributed by atoms with Crippen LogP contribution in [-0.4, -0.2) is 37.1 Å². The summed E-state index contributed by atoms with van der Waals surface area (Å²) in [6, 6.07) is 1.53. The third-order valence-corrected chi connectivity index (χ3v) is 4.98. The van der Waals surface area contributed by atoms with Crippen LogP contribution in [0.1, 0.15) is 55.4 Å². The summed E-state index contributed by atoms with van der Waals surface area (Å²) < 4.78 is 1.58. The Hall–Kier alpha value is -2.44. The van der Waals surface area contributed by atoms with Crippen LogP contribution in [0.3, 0.4) is 0 Å². The smallest absolute Gasteiger partial charge is 0.266 e. The number of carbonyl (C=O) groups excluding carboxylic acids is 1. The number of rotatable bonds is 5. The SMILES string of the molecule is CC(C)Cn1[nH]c(CC(=O)N2CCc3nc(C4CC4)ncc3C2)cc1=O. The van der Waals surface area contributed by atoms with E-state index >= 15 is 0 Å². The molecule has 1 fully saturated rings. The number of aromatic nitrogens is 4. The maximum absolute atomic E-state index is 12.7. The molecule has 0 aromatic carbocycles. The summed E-state index contributed by atoms with van der Waals surface area (Å²) in [4.78, 5) is 35.6. The molecular weight excluding hydrogens is 330 g/mol. The molecule has 0 radical (unpaired) electrons. The van der Waals surface area contributed by atoms with Crippen molar-refractivity contribution in [2.75, 3.05) is 6.54 Å². The van der Waals surface area contributed by atoms with Gasteiger partial charge in [-0.1, -0.05) is 13.8 Å². The van der Waals surface area contributed by atoms with Crippen LogP contribution in [0.4, 0.5) is 0 Å². The van der Waals surface area contributed by atoms with Gasteiger partial charge in [-0.15, -0.1) is 0 Å². The Bertz CT molecular complexity index is 878. The van der Waals surface area contributed by atoms with Crippen molar-refractivity contribution in [1.29, 1.82) is 0 Å². The first-order chi connectivity index (χ1) is 12.5. The number of hydrogen-bond acceptors (Lipinski definition) is 4. The van der Waals surface area contributed by atoms with E-state index in [9.17, 15) is 9.59 Å². The quantitative estimate of drug-likeness (QED) is 0.883. The van der Waals surface area contributed by atoms with Gasteiger partial charge in [-0.05, 0) is 18.8 Å². The number of hydrogen-bond donors (Lipinski definition) is 1. The maximum Gasteiger partial charge on any atom is 0.266 e. The van der Waals surface area contributed by atoms with Gasteiger partial charge in [0.2, 0.25) is 5.91 Å². The highest BCUT2D eigenvalue weighted by molar-refractivity contribution is 5.78. The van der Waals surface area contributed by atoms with Crippen molar-refractivity contribution < 1.29 is 4.79 Å². The Balaban J connectivity index is 1.42. The Labute approximate surface area is 152 Å². The minimum Gasteiger partial charge on any atom is -0.338 e. The van der Waals surface area contributed by atoms with Crippen LogP contribution in [-0.2, 0) is 30.7 Å². The molecule has 7 heteroatoms. The maximum atomic E-state index is 12.7. The summed E-state index contributed by atoms with van der Waals surface area (Å²) in [5, 5.41) is 3.06. The average molecular weight is 355 g/mol. The molecule has 3 heterocycles. The fraction of sp³-hybridized carbons (Fsp3) is 0.579. The first kappa shape index (κ1) is 17.0. The molecule has 0 unspecified atom stereocenters. The molecule has 2 aromatic rings. The zero-order valence-corrected chi connectivity index (χ0v) is 15.4. The second-order valence-corrected chi connectivity index (χ2v) is 7.84. The zero-order chi connectivity index (χ0) is 18.3. The minimum atomic E-state index is -0.0773. The number of aromatic amines is 1. The van der Waals surface area contributed by atoms with Crippen molar-refractivity contribution in [2.45, 2.75) is 58.5 Å². The van der Waals surface area contributed by atoms with Gasteiger partial charge in [0, 0.05) is 55.5 Å². The highest BCUT2D eigenvalue weighted by Gasteiger charge is 2.29. The number of H-pyrrole nitrogens is 1. The van der Waals surface area contributed by atoms with Crippen molar-refractivity contribution in [3.63, 3.8) is 0 Å². The van der Waals surface area contributed by atoms with Crippen LogP contribution >= 0.6 is 0 Å². The molecule has 2 aromatic heterocycles. The molecule has 4 rings (SSSR count). The molecule has 1 amide bonds. The summed E-state index contributed by atoms with van der Waals surface area (Å²) in [5.74, 6) is 1.91. The fourth-order valence-corrected chi connectivity index (χ4v) is 3.44. The highest BCUT2D eigenvalue weighted by atomic mass is 16.2. The number of carbonyl (C=O) groups is 1. The van der Waals surface area contributed by atoms with E-state index in [1.54, 1.807) is 4.68 Å². The first-order valence-electron chi connectivity index (χ1n) is 9.41. The molecule has 0 bridgehead atoms. The third kappa shape index (κ3) is 3.57. The molecule has 0 saturated heterocycles. The van der Waals surface area contributed by atoms with Gasteiger partial charge < -0.3 is 4.90 Å². The number of amides is 1. The van der Waals surface area contributed by atoms with Gasteiger partial charge in [0.05, 0.1) is 12.1 Å². The van der Waals surface area contributed by atoms with Gasteiger partial charge in [0.25, 0.3) is 5.56 Å². The van der Waals surface area contributed by atoms with Crippen LogP contribution in [0.25, 0.3) is 0 Å². The van der Waals surface area contributed by atoms with Crippen molar-refractivity contribution in [3.8, 4) is 0 Å². The monoisotopic (exact) mass is 355 g/mol. The highest BCUT2D eigenvalue weighted by Crippen LogP contribution is 2.38. The third-order valence-electron chi connectivity index (χ3n) is 4.98. The Kier molecular flexibility index (Phi) is 4.38. The summed E-state index contributed by atoms with van der Waals surface area (Å²) in [6.07, 6.45) is 5.26. The summed E-state index contributed by atoms with van der Waals surface area (Å²) in [5.41, 5.74) is 2.72. The average Bonchev–Trinajstić information content (AvgIpc) is 3.39. The predicted molar refractivity (Wildman–Crippen MR) is 96.7 cm³/mol. The standard InChI is InChI=1S/C19H25N5O2/c1-12(2)10-24-18(26)8-15(22-24)7-17(25)23-6-5-16-14(11-23)9-20-19(21-16)13-3-4-13/h8-9,12-13,22H,3-7,10-11H2,1-2H3. The van der Waals surface area contributed by atoms with E-state index in [0.29, 0.717) is 37.2 Å². The summed E-state index contributed by atoms with van der Waals surface area (Å²) in [7, 11) is 0. The van der Waals surface area contributed by atoms with E-state index < -0.39 is 0 Å². The number of nitrogens with one attached hydrogen (secondary N) is 1. The van der Waals surface area contributed by atoms with E-state index in [2.05, 4.69) is 23.9 Å². The Morgan fingerprint density at radius 1 is 1.38 bits per heavy atom. The van der Waals surface area contributed by atoms with Crippen LogP contribution in [0.5, 0.6) is 0 Å². The topological polar surface area (TPSA) is 83.9 Å². The minimum absolute atomic E-state index is 0.0277.